The van der Waals surface area contributed by atoms with Crippen molar-refractivity contribution in [2.45, 2.75) is 6.54 Å². The molecule has 0 fully saturated rings. The van der Waals surface area contributed by atoms with Gasteiger partial charge in [-0.25, -0.2) is 4.68 Å². The molecule has 0 saturated heterocycles. The molecule has 0 aliphatic rings. The Kier molecular flexibility index (Phi) is 2.81. The van der Waals surface area contributed by atoms with E-state index in [1.807, 2.05) is 0 Å². The number of aliphatic carboxylic acids is 1. The standard InChI is InChI=1S/C8H8N6O3/c15-7(16)4-14-3-6(12-13-14)8(17)11-5-1-9-10-2-5/h1-3H,4H2,(H,9,10)(H,11,17)(H,15,16). The maximum Gasteiger partial charge on any atom is 0.325 e. The van der Waals surface area contributed by atoms with Gasteiger partial charge in [0.05, 0.1) is 18.1 Å². The van der Waals surface area contributed by atoms with Gasteiger partial charge in [0.15, 0.2) is 5.69 Å². The zero-order valence-corrected chi connectivity index (χ0v) is 8.49. The summed E-state index contributed by atoms with van der Waals surface area (Å²) in [4.78, 5) is 22.0. The fourth-order valence-corrected chi connectivity index (χ4v) is 1.13. The number of rotatable bonds is 4. The molecule has 2 aromatic rings. The number of aromatic nitrogens is 5. The number of carbonyl (C=O) groups excluding carboxylic acids is 1. The summed E-state index contributed by atoms with van der Waals surface area (Å²) in [6.07, 6.45) is 4.18. The molecular formula is C8H8N6O3. The minimum absolute atomic E-state index is 0.0347. The van der Waals surface area contributed by atoms with Crippen molar-refractivity contribution in [2.75, 3.05) is 5.32 Å². The van der Waals surface area contributed by atoms with Crippen LogP contribution in [0.3, 0.4) is 0 Å². The van der Waals surface area contributed by atoms with Gasteiger partial charge in [0, 0.05) is 6.20 Å². The number of carbonyl (C=O) groups is 2. The van der Waals surface area contributed by atoms with E-state index in [1.54, 1.807) is 0 Å². The first-order valence-corrected chi connectivity index (χ1v) is 4.57. The molecule has 3 N–H and O–H groups in total. The Morgan fingerprint density at radius 2 is 2.35 bits per heavy atom. The van der Waals surface area contributed by atoms with Crippen molar-refractivity contribution in [3.63, 3.8) is 0 Å². The van der Waals surface area contributed by atoms with Crippen molar-refractivity contribution >= 4 is 17.6 Å². The van der Waals surface area contributed by atoms with Crippen molar-refractivity contribution in [3.05, 3.63) is 24.3 Å². The van der Waals surface area contributed by atoms with Crippen molar-refractivity contribution in [1.82, 2.24) is 25.2 Å². The van der Waals surface area contributed by atoms with E-state index in [0.717, 1.165) is 4.68 Å². The predicted octanol–water partition coefficient (Wildman–Crippen LogP) is -0.662. The highest BCUT2D eigenvalue weighted by Gasteiger charge is 2.12. The summed E-state index contributed by atoms with van der Waals surface area (Å²) in [5.74, 6) is -1.54. The molecule has 88 valence electrons. The van der Waals surface area contributed by atoms with Crippen LogP contribution in [0.15, 0.2) is 18.6 Å². The molecule has 17 heavy (non-hydrogen) atoms. The predicted molar refractivity (Wildman–Crippen MR) is 54.2 cm³/mol. The second-order valence-electron chi connectivity index (χ2n) is 3.14. The molecule has 0 bridgehead atoms. The zero-order valence-electron chi connectivity index (χ0n) is 8.49. The maximum atomic E-state index is 11.6. The van der Waals surface area contributed by atoms with Gasteiger partial charge in [0.2, 0.25) is 0 Å². The van der Waals surface area contributed by atoms with Gasteiger partial charge in [0.1, 0.15) is 6.54 Å². The van der Waals surface area contributed by atoms with E-state index in [0.29, 0.717) is 5.69 Å². The summed E-state index contributed by atoms with van der Waals surface area (Å²) < 4.78 is 1.06. The smallest absolute Gasteiger partial charge is 0.325 e. The molecule has 0 aliphatic heterocycles. The van der Waals surface area contributed by atoms with E-state index < -0.39 is 11.9 Å². The molecule has 2 rings (SSSR count). The number of aromatic amines is 1. The SMILES string of the molecule is O=C(O)Cn1cc(C(=O)Nc2cn[nH]c2)nn1. The van der Waals surface area contributed by atoms with Crippen LogP contribution in [-0.4, -0.2) is 42.2 Å². The molecule has 0 saturated carbocycles. The zero-order chi connectivity index (χ0) is 12.3. The van der Waals surface area contributed by atoms with E-state index >= 15 is 0 Å². The third kappa shape index (κ3) is 2.65. The van der Waals surface area contributed by atoms with Crippen LogP contribution in [0.1, 0.15) is 10.5 Å². The van der Waals surface area contributed by atoms with Crippen LogP contribution >= 0.6 is 0 Å². The Hall–Kier alpha value is -2.71. The molecule has 0 unspecified atom stereocenters. The van der Waals surface area contributed by atoms with E-state index in [9.17, 15) is 9.59 Å². The number of carboxylic acid groups (broad SMARTS) is 1. The normalized spacial score (nSPS) is 10.1. The third-order valence-corrected chi connectivity index (χ3v) is 1.82. The van der Waals surface area contributed by atoms with Gasteiger partial charge in [-0.3, -0.25) is 14.7 Å². The molecule has 9 heteroatoms. The van der Waals surface area contributed by atoms with Crippen LogP contribution < -0.4 is 5.32 Å². The monoisotopic (exact) mass is 236 g/mol. The molecule has 9 nitrogen and oxygen atoms in total. The highest BCUT2D eigenvalue weighted by molar-refractivity contribution is 6.02. The first kappa shape index (κ1) is 10.8. The first-order chi connectivity index (χ1) is 8.15. The second kappa shape index (κ2) is 4.43. The van der Waals surface area contributed by atoms with Crippen LogP contribution in [0.5, 0.6) is 0 Å². The van der Waals surface area contributed by atoms with E-state index in [2.05, 4.69) is 25.8 Å². The minimum Gasteiger partial charge on any atom is -0.480 e. The largest absolute Gasteiger partial charge is 0.480 e. The molecule has 2 heterocycles. The second-order valence-corrected chi connectivity index (χ2v) is 3.14. The lowest BCUT2D eigenvalue weighted by Gasteiger charge is -1.96. The number of hydrogen-bond acceptors (Lipinski definition) is 5. The van der Waals surface area contributed by atoms with Crippen molar-refractivity contribution in [2.24, 2.45) is 0 Å². The molecular weight excluding hydrogens is 228 g/mol. The van der Waals surface area contributed by atoms with Gasteiger partial charge in [-0.15, -0.1) is 5.10 Å². The van der Waals surface area contributed by atoms with Crippen LogP contribution in [0.4, 0.5) is 5.69 Å². The van der Waals surface area contributed by atoms with E-state index in [4.69, 9.17) is 5.11 Å². The van der Waals surface area contributed by atoms with Gasteiger partial charge >= 0.3 is 5.97 Å². The number of H-pyrrole nitrogens is 1. The summed E-state index contributed by atoms with van der Waals surface area (Å²) in [7, 11) is 0. The first-order valence-electron chi connectivity index (χ1n) is 4.57. The minimum atomic E-state index is -1.06. The fraction of sp³-hybridized carbons (Fsp3) is 0.125. The highest BCUT2D eigenvalue weighted by Crippen LogP contribution is 2.04. The van der Waals surface area contributed by atoms with Gasteiger partial charge in [0.25, 0.3) is 5.91 Å². The van der Waals surface area contributed by atoms with Crippen LogP contribution in [-0.2, 0) is 11.3 Å². The molecule has 0 radical (unpaired) electrons. The summed E-state index contributed by atoms with van der Waals surface area (Å²) in [6, 6.07) is 0. The van der Waals surface area contributed by atoms with Crippen LogP contribution in [0.2, 0.25) is 0 Å². The van der Waals surface area contributed by atoms with Crippen LogP contribution in [0, 0.1) is 0 Å². The van der Waals surface area contributed by atoms with Gasteiger partial charge in [-0.05, 0) is 0 Å². The molecule has 1 amide bonds. The Morgan fingerprint density at radius 3 is 3.00 bits per heavy atom. The molecule has 0 spiro atoms. The number of carboxylic acids is 1. The maximum absolute atomic E-state index is 11.6. The number of anilines is 1. The van der Waals surface area contributed by atoms with Crippen molar-refractivity contribution in [1.29, 1.82) is 0 Å². The van der Waals surface area contributed by atoms with E-state index in [-0.39, 0.29) is 12.2 Å². The Morgan fingerprint density at radius 1 is 1.53 bits per heavy atom. The van der Waals surface area contributed by atoms with Gasteiger partial charge < -0.3 is 10.4 Å². The number of nitrogens with zero attached hydrogens (tertiary/aromatic N) is 4. The van der Waals surface area contributed by atoms with Crippen molar-refractivity contribution < 1.29 is 14.7 Å². The Balaban J connectivity index is 2.04. The summed E-state index contributed by atoms with van der Waals surface area (Å²) in [6.45, 7) is -0.341. The fourth-order valence-electron chi connectivity index (χ4n) is 1.13. The number of nitrogens with one attached hydrogen (secondary N) is 2. The lowest BCUT2D eigenvalue weighted by atomic mass is 10.4. The third-order valence-electron chi connectivity index (χ3n) is 1.82. The quantitative estimate of drug-likeness (QED) is 0.646. The molecule has 0 aromatic carbocycles. The van der Waals surface area contributed by atoms with Crippen molar-refractivity contribution in [3.8, 4) is 0 Å². The lowest BCUT2D eigenvalue weighted by Crippen LogP contribution is -2.12. The molecule has 2 aromatic heterocycles. The average Bonchev–Trinajstić information content (AvgIpc) is 2.87. The summed E-state index contributed by atoms with van der Waals surface area (Å²) in [5, 5.41) is 24.3. The average molecular weight is 236 g/mol. The molecule has 0 aliphatic carbocycles. The molecule has 0 atom stereocenters. The van der Waals surface area contributed by atoms with Gasteiger partial charge in [-0.1, -0.05) is 5.21 Å². The van der Waals surface area contributed by atoms with Gasteiger partial charge in [-0.2, -0.15) is 5.10 Å². The van der Waals surface area contributed by atoms with E-state index in [1.165, 1.54) is 18.6 Å². The van der Waals surface area contributed by atoms with Crippen LogP contribution in [0.25, 0.3) is 0 Å². The number of amides is 1. The summed E-state index contributed by atoms with van der Waals surface area (Å²) in [5.41, 5.74) is 0.523. The summed E-state index contributed by atoms with van der Waals surface area (Å²) >= 11 is 0. The Labute approximate surface area is 94.4 Å². The lowest BCUT2D eigenvalue weighted by molar-refractivity contribution is -0.137. The Bertz CT molecular complexity index is 531. The number of hydrogen-bond donors (Lipinski definition) is 3. The highest BCUT2D eigenvalue weighted by atomic mass is 16.4. The topological polar surface area (TPSA) is 126 Å².